The number of ether oxygens (including phenoxy) is 1. The summed E-state index contributed by atoms with van der Waals surface area (Å²) in [5.41, 5.74) is 1.86. The highest BCUT2D eigenvalue weighted by atomic mass is 28.4. The molecule has 7 nitrogen and oxygen atoms in total. The molecular weight excluding hydrogens is 350 g/mol. The Kier molecular flexibility index (Phi) is 4.66. The minimum Gasteiger partial charge on any atom is -0.487 e. The summed E-state index contributed by atoms with van der Waals surface area (Å²) in [6.45, 7) is 11.7. The van der Waals surface area contributed by atoms with Crippen LogP contribution >= 0.6 is 0 Å². The molecule has 1 aliphatic heterocycles. The van der Waals surface area contributed by atoms with Crippen LogP contribution in [0.5, 0.6) is 5.75 Å². The van der Waals surface area contributed by atoms with Crippen molar-refractivity contribution in [3.05, 3.63) is 46.1 Å². The second kappa shape index (κ2) is 6.51. The average Bonchev–Trinajstić information content (AvgIpc) is 3.17. The van der Waals surface area contributed by atoms with Crippen LogP contribution in [0.3, 0.4) is 0 Å². The largest absolute Gasteiger partial charge is 0.487 e. The lowest BCUT2D eigenvalue weighted by Crippen LogP contribution is -2.43. The van der Waals surface area contributed by atoms with Crippen molar-refractivity contribution in [2.75, 3.05) is 6.61 Å². The molecule has 2 heterocycles. The summed E-state index contributed by atoms with van der Waals surface area (Å²) in [6, 6.07) is 7.11. The lowest BCUT2D eigenvalue weighted by Gasteiger charge is -2.36. The minimum atomic E-state index is -1.81. The maximum Gasteiger partial charge on any atom is 0.390 e. The Morgan fingerprint density at radius 3 is 2.73 bits per heavy atom. The van der Waals surface area contributed by atoms with E-state index in [1.165, 1.54) is 10.7 Å². The van der Waals surface area contributed by atoms with Gasteiger partial charge in [-0.2, -0.15) is 0 Å². The Labute approximate surface area is 154 Å². The van der Waals surface area contributed by atoms with Crippen LogP contribution in [0, 0.1) is 10.1 Å². The third-order valence-electron chi connectivity index (χ3n) is 5.25. The molecule has 1 unspecified atom stereocenters. The zero-order valence-electron chi connectivity index (χ0n) is 15.9. The van der Waals surface area contributed by atoms with Gasteiger partial charge in [0.2, 0.25) is 0 Å². The standard InChI is InChI=1S/C18H25N3O4Si/c1-18(2,3)26(4,5)24-12-15-11-13-10-14(6-7-16(13)25-15)20-9-8-17(19-20)21(22)23/h6-10,15H,11-12H2,1-5H3. The summed E-state index contributed by atoms with van der Waals surface area (Å²) in [7, 11) is -1.81. The van der Waals surface area contributed by atoms with Crippen LogP contribution < -0.4 is 4.74 Å². The van der Waals surface area contributed by atoms with E-state index in [2.05, 4.69) is 39.0 Å². The number of rotatable bonds is 5. The SMILES string of the molecule is CC(C)(C)[Si](C)(C)OCC1Cc2cc(-n3ccc([N+](=O)[O-])n3)ccc2O1. The van der Waals surface area contributed by atoms with E-state index in [1.807, 2.05) is 18.2 Å². The van der Waals surface area contributed by atoms with Gasteiger partial charge < -0.3 is 19.3 Å². The summed E-state index contributed by atoms with van der Waals surface area (Å²) in [5.74, 6) is 0.682. The topological polar surface area (TPSA) is 79.4 Å². The number of fused-ring (bicyclic) bond motifs is 1. The van der Waals surface area contributed by atoms with Gasteiger partial charge in [0.15, 0.2) is 8.32 Å². The van der Waals surface area contributed by atoms with Gasteiger partial charge in [-0.1, -0.05) is 20.8 Å². The molecule has 26 heavy (non-hydrogen) atoms. The number of aromatic nitrogens is 2. The van der Waals surface area contributed by atoms with Crippen LogP contribution in [0.2, 0.25) is 18.1 Å². The second-order valence-corrected chi connectivity index (χ2v) is 13.0. The van der Waals surface area contributed by atoms with Gasteiger partial charge in [-0.05, 0) is 41.3 Å². The Bertz CT molecular complexity index is 826. The quantitative estimate of drug-likeness (QED) is 0.446. The number of benzene rings is 1. The summed E-state index contributed by atoms with van der Waals surface area (Å²) in [4.78, 5) is 10.3. The van der Waals surface area contributed by atoms with Crippen LogP contribution in [-0.2, 0) is 10.8 Å². The zero-order chi connectivity index (χ0) is 19.1. The van der Waals surface area contributed by atoms with Gasteiger partial charge in [-0.25, -0.2) is 0 Å². The van der Waals surface area contributed by atoms with Crippen molar-refractivity contribution in [2.24, 2.45) is 0 Å². The van der Waals surface area contributed by atoms with Crippen LogP contribution in [0.1, 0.15) is 26.3 Å². The highest BCUT2D eigenvalue weighted by Crippen LogP contribution is 2.37. The number of nitrogens with zero attached hydrogens (tertiary/aromatic N) is 3. The van der Waals surface area contributed by atoms with E-state index in [9.17, 15) is 10.1 Å². The molecular formula is C18H25N3O4Si. The third kappa shape index (κ3) is 3.66. The van der Waals surface area contributed by atoms with E-state index >= 15 is 0 Å². The first-order valence-corrected chi connectivity index (χ1v) is 11.6. The zero-order valence-corrected chi connectivity index (χ0v) is 16.9. The molecule has 0 saturated heterocycles. The van der Waals surface area contributed by atoms with Gasteiger partial charge in [0, 0.05) is 12.0 Å². The van der Waals surface area contributed by atoms with Gasteiger partial charge in [0.25, 0.3) is 0 Å². The van der Waals surface area contributed by atoms with Gasteiger partial charge >= 0.3 is 5.82 Å². The lowest BCUT2D eigenvalue weighted by atomic mass is 10.1. The molecule has 2 aromatic rings. The first-order valence-electron chi connectivity index (χ1n) is 8.71. The van der Waals surface area contributed by atoms with Crippen LogP contribution in [-0.4, -0.2) is 35.7 Å². The smallest absolute Gasteiger partial charge is 0.390 e. The molecule has 1 aromatic heterocycles. The van der Waals surface area contributed by atoms with Crippen molar-refractivity contribution < 1.29 is 14.1 Å². The fourth-order valence-electron chi connectivity index (χ4n) is 2.62. The van der Waals surface area contributed by atoms with E-state index in [-0.39, 0.29) is 17.0 Å². The van der Waals surface area contributed by atoms with Crippen molar-refractivity contribution in [1.29, 1.82) is 0 Å². The predicted molar refractivity (Wildman–Crippen MR) is 101 cm³/mol. The van der Waals surface area contributed by atoms with E-state index in [0.717, 1.165) is 23.4 Å². The Balaban J connectivity index is 1.69. The van der Waals surface area contributed by atoms with Crippen LogP contribution in [0.25, 0.3) is 5.69 Å². The van der Waals surface area contributed by atoms with Crippen LogP contribution in [0.15, 0.2) is 30.5 Å². The van der Waals surface area contributed by atoms with Crippen molar-refractivity contribution in [3.8, 4) is 11.4 Å². The molecule has 0 radical (unpaired) electrons. The molecule has 0 N–H and O–H groups in total. The molecule has 0 spiro atoms. The summed E-state index contributed by atoms with van der Waals surface area (Å²) < 4.78 is 13.8. The molecule has 0 aliphatic carbocycles. The fourth-order valence-corrected chi connectivity index (χ4v) is 3.65. The molecule has 1 aliphatic rings. The monoisotopic (exact) mass is 375 g/mol. The number of hydrogen-bond acceptors (Lipinski definition) is 5. The number of nitro groups is 1. The highest BCUT2D eigenvalue weighted by Gasteiger charge is 2.38. The summed E-state index contributed by atoms with van der Waals surface area (Å²) in [6.07, 6.45) is 2.36. The minimum absolute atomic E-state index is 0.00123. The van der Waals surface area contributed by atoms with Crippen molar-refractivity contribution in [2.45, 2.75) is 51.4 Å². The Hall–Kier alpha value is -2.19. The summed E-state index contributed by atoms with van der Waals surface area (Å²) >= 11 is 0. The molecule has 0 amide bonds. The van der Waals surface area contributed by atoms with Gasteiger partial charge in [-0.3, -0.25) is 0 Å². The number of hydrogen-bond donors (Lipinski definition) is 0. The Morgan fingerprint density at radius 1 is 1.38 bits per heavy atom. The van der Waals surface area contributed by atoms with Gasteiger partial charge in [-0.15, -0.1) is 4.68 Å². The maximum atomic E-state index is 10.8. The van der Waals surface area contributed by atoms with E-state index in [4.69, 9.17) is 9.16 Å². The lowest BCUT2D eigenvalue weighted by molar-refractivity contribution is -0.389. The molecule has 140 valence electrons. The van der Waals surface area contributed by atoms with Gasteiger partial charge in [0.05, 0.1) is 29.7 Å². The van der Waals surface area contributed by atoms with Crippen molar-refractivity contribution in [1.82, 2.24) is 9.78 Å². The summed E-state index contributed by atoms with van der Waals surface area (Å²) in [5, 5.41) is 14.9. The molecule has 1 aromatic carbocycles. The molecule has 1 atom stereocenters. The Morgan fingerprint density at radius 2 is 2.12 bits per heavy atom. The second-order valence-electron chi connectivity index (χ2n) is 8.18. The third-order valence-corrected chi connectivity index (χ3v) is 9.75. The van der Waals surface area contributed by atoms with E-state index < -0.39 is 13.2 Å². The van der Waals surface area contributed by atoms with E-state index in [1.54, 1.807) is 6.20 Å². The van der Waals surface area contributed by atoms with E-state index in [0.29, 0.717) is 6.61 Å². The normalized spacial score (nSPS) is 17.0. The molecule has 0 fully saturated rings. The first-order chi connectivity index (χ1) is 12.1. The first kappa shape index (κ1) is 18.6. The molecule has 8 heteroatoms. The molecule has 3 rings (SSSR count). The average molecular weight is 376 g/mol. The predicted octanol–water partition coefficient (Wildman–Crippen LogP) is 4.11. The van der Waals surface area contributed by atoms with Gasteiger partial charge in [0.1, 0.15) is 11.9 Å². The van der Waals surface area contributed by atoms with Crippen molar-refractivity contribution in [3.63, 3.8) is 0 Å². The highest BCUT2D eigenvalue weighted by molar-refractivity contribution is 6.74. The molecule has 0 bridgehead atoms. The van der Waals surface area contributed by atoms with Crippen molar-refractivity contribution >= 4 is 14.1 Å². The van der Waals surface area contributed by atoms with Crippen LogP contribution in [0.4, 0.5) is 5.82 Å². The maximum absolute atomic E-state index is 10.8. The fraction of sp³-hybridized carbons (Fsp3) is 0.500. The molecule has 0 saturated carbocycles.